The molecular formula is C40H43Cl2N5O5. The number of halogens is 2. The highest BCUT2D eigenvalue weighted by Gasteiger charge is 2.25. The maximum Gasteiger partial charge on any atom is 0.410 e. The molecule has 1 fully saturated rings. The van der Waals surface area contributed by atoms with Gasteiger partial charge in [-0.15, -0.1) is 0 Å². The molecule has 0 unspecified atom stereocenters. The molecule has 0 aliphatic carbocycles. The summed E-state index contributed by atoms with van der Waals surface area (Å²) in [6.07, 6.45) is 5.19. The number of benzene rings is 2. The van der Waals surface area contributed by atoms with Crippen molar-refractivity contribution in [2.75, 3.05) is 26.8 Å². The van der Waals surface area contributed by atoms with E-state index in [1.54, 1.807) is 37.6 Å². The van der Waals surface area contributed by atoms with Gasteiger partial charge in [0.15, 0.2) is 0 Å². The third-order valence-electron chi connectivity index (χ3n) is 9.23. The number of fused-ring (bicyclic) bond motifs is 1. The fraction of sp³-hybridized carbons (Fsp3) is 0.350. The number of amides is 1. The fourth-order valence-corrected chi connectivity index (χ4v) is 7.20. The molecule has 5 aromatic rings. The van der Waals surface area contributed by atoms with Crippen LogP contribution in [0.25, 0.3) is 39.2 Å². The van der Waals surface area contributed by atoms with Gasteiger partial charge in [0.2, 0.25) is 5.88 Å². The number of methoxy groups -OCH3 is 1. The van der Waals surface area contributed by atoms with Crippen molar-refractivity contribution in [2.45, 2.75) is 65.3 Å². The predicted octanol–water partition coefficient (Wildman–Crippen LogP) is 8.12. The summed E-state index contributed by atoms with van der Waals surface area (Å²) in [5, 5.41) is 10.6. The van der Waals surface area contributed by atoms with Crippen molar-refractivity contribution in [3.05, 3.63) is 105 Å². The molecule has 1 atom stereocenters. The number of rotatable bonds is 10. The maximum atomic E-state index is 13.4. The van der Waals surface area contributed by atoms with Gasteiger partial charge < -0.3 is 19.5 Å². The van der Waals surface area contributed by atoms with Gasteiger partial charge >= 0.3 is 6.09 Å². The van der Waals surface area contributed by atoms with Crippen molar-refractivity contribution in [1.82, 2.24) is 24.2 Å². The highest BCUT2D eigenvalue weighted by molar-refractivity contribution is 6.39. The molecule has 10 nitrogen and oxygen atoms in total. The topological polar surface area (TPSA) is 110 Å². The molecule has 2 aromatic carbocycles. The highest BCUT2D eigenvalue weighted by Crippen LogP contribution is 2.42. The molecule has 1 aliphatic heterocycles. The summed E-state index contributed by atoms with van der Waals surface area (Å²) in [7, 11) is 1.51. The number of aliphatic hydroxyl groups excluding tert-OH is 1. The van der Waals surface area contributed by atoms with Crippen molar-refractivity contribution in [2.24, 2.45) is 0 Å². The zero-order valence-corrected chi connectivity index (χ0v) is 31.5. The lowest BCUT2D eigenvalue weighted by Crippen LogP contribution is -2.38. The van der Waals surface area contributed by atoms with Crippen LogP contribution >= 0.6 is 23.2 Å². The molecule has 12 heteroatoms. The third-order valence-corrected chi connectivity index (χ3v) is 10.0. The number of hydrogen-bond donors (Lipinski definition) is 1. The van der Waals surface area contributed by atoms with Crippen LogP contribution in [0.1, 0.15) is 51.7 Å². The number of carbonyl (C=O) groups excluding carboxylic acids is 1. The maximum absolute atomic E-state index is 13.4. The predicted molar refractivity (Wildman–Crippen MR) is 205 cm³/mol. The quantitative estimate of drug-likeness (QED) is 0.153. The summed E-state index contributed by atoms with van der Waals surface area (Å²) in [6.45, 7) is 9.13. The summed E-state index contributed by atoms with van der Waals surface area (Å²) >= 11 is 14.2. The fourth-order valence-electron chi connectivity index (χ4n) is 6.54. The van der Waals surface area contributed by atoms with Crippen LogP contribution in [-0.2, 0) is 17.8 Å². The van der Waals surface area contributed by atoms with Crippen LogP contribution in [0.3, 0.4) is 0 Å². The average Bonchev–Trinajstić information content (AvgIpc) is 3.52. The van der Waals surface area contributed by atoms with Crippen LogP contribution in [0.4, 0.5) is 4.79 Å². The van der Waals surface area contributed by atoms with Gasteiger partial charge in [-0.2, -0.15) is 0 Å². The summed E-state index contributed by atoms with van der Waals surface area (Å²) < 4.78 is 12.8. The second-order valence-electron chi connectivity index (χ2n) is 14.0. The largest absolute Gasteiger partial charge is 0.481 e. The Morgan fingerprint density at radius 3 is 2.35 bits per heavy atom. The molecule has 6 rings (SSSR count). The molecule has 1 saturated heterocycles. The minimum Gasteiger partial charge on any atom is -0.481 e. The first-order chi connectivity index (χ1) is 24.9. The Balaban J connectivity index is 1.29. The van der Waals surface area contributed by atoms with E-state index in [1.165, 1.54) is 12.0 Å². The number of nitrogens with zero attached hydrogens (tertiary/aromatic N) is 5. The van der Waals surface area contributed by atoms with Crippen LogP contribution < -0.4 is 10.3 Å². The lowest BCUT2D eigenvalue weighted by atomic mass is 9.97. The molecule has 1 N–H and O–H groups in total. The Labute approximate surface area is 313 Å². The zero-order valence-electron chi connectivity index (χ0n) is 30.0. The van der Waals surface area contributed by atoms with Crippen LogP contribution in [0.15, 0.2) is 77.9 Å². The first kappa shape index (κ1) is 37.3. The Hall–Kier alpha value is -4.48. The second-order valence-corrected chi connectivity index (χ2v) is 14.8. The van der Waals surface area contributed by atoms with E-state index in [2.05, 4.69) is 16.8 Å². The SMILES string of the molecule is COc1nc(-c2cccc(-c3cccc(-c4ccn5c(=O)c(CN6CCC[C@@H]6C)cnc5c4)c3Cl)c2Cl)ccc1CN(CCO)C(=O)OC(C)(C)C. The van der Waals surface area contributed by atoms with Crippen LogP contribution in [-0.4, -0.2) is 73.8 Å². The van der Waals surface area contributed by atoms with E-state index in [4.69, 9.17) is 37.7 Å². The first-order valence-corrected chi connectivity index (χ1v) is 18.1. The molecule has 0 radical (unpaired) electrons. The molecule has 272 valence electrons. The minimum absolute atomic E-state index is 0.0668. The van der Waals surface area contributed by atoms with E-state index < -0.39 is 11.7 Å². The van der Waals surface area contributed by atoms with Gasteiger partial charge in [0.25, 0.3) is 5.56 Å². The molecule has 1 amide bonds. The summed E-state index contributed by atoms with van der Waals surface area (Å²) in [6, 6.07) is 19.3. The third kappa shape index (κ3) is 7.95. The Morgan fingerprint density at radius 2 is 1.69 bits per heavy atom. The van der Waals surface area contributed by atoms with Crippen LogP contribution in [0.5, 0.6) is 5.88 Å². The smallest absolute Gasteiger partial charge is 0.410 e. The van der Waals surface area contributed by atoms with Gasteiger partial charge in [0.05, 0.1) is 41.6 Å². The van der Waals surface area contributed by atoms with E-state index in [9.17, 15) is 14.7 Å². The van der Waals surface area contributed by atoms with E-state index in [1.807, 2.05) is 60.7 Å². The Kier molecular flexibility index (Phi) is 11.2. The van der Waals surface area contributed by atoms with Crippen molar-refractivity contribution in [3.63, 3.8) is 0 Å². The van der Waals surface area contributed by atoms with Gasteiger partial charge in [-0.3, -0.25) is 14.1 Å². The van der Waals surface area contributed by atoms with Gasteiger partial charge in [0, 0.05) is 59.3 Å². The number of likely N-dealkylation sites (tertiary alicyclic amines) is 1. The monoisotopic (exact) mass is 743 g/mol. The lowest BCUT2D eigenvalue weighted by molar-refractivity contribution is 0.0200. The number of hydrogen-bond acceptors (Lipinski definition) is 8. The average molecular weight is 745 g/mol. The lowest BCUT2D eigenvalue weighted by Gasteiger charge is -2.27. The molecule has 4 heterocycles. The normalized spacial score (nSPS) is 14.9. The highest BCUT2D eigenvalue weighted by atomic mass is 35.5. The number of ether oxygens (including phenoxy) is 2. The number of pyridine rings is 2. The molecule has 0 bridgehead atoms. The van der Waals surface area contributed by atoms with E-state index in [0.29, 0.717) is 62.1 Å². The number of aromatic nitrogens is 3. The van der Waals surface area contributed by atoms with E-state index in [0.717, 1.165) is 36.1 Å². The van der Waals surface area contributed by atoms with E-state index in [-0.39, 0.29) is 25.3 Å². The molecule has 0 saturated carbocycles. The van der Waals surface area contributed by atoms with E-state index >= 15 is 0 Å². The van der Waals surface area contributed by atoms with Gasteiger partial charge in [-0.1, -0.05) is 59.6 Å². The Morgan fingerprint density at radius 1 is 1.00 bits per heavy atom. The second kappa shape index (κ2) is 15.6. The first-order valence-electron chi connectivity index (χ1n) is 17.3. The zero-order chi connectivity index (χ0) is 37.2. The standard InChI is InChI=1S/C40H43Cl2N5O5/c1-25-9-8-17-45(25)24-28-22-43-34-21-26(16-18-47(34)38(28)49)29-10-6-11-30(35(29)41)31-12-7-13-32(36(31)42)33-15-14-27(37(44-33)51-5)23-46(19-20-48)39(50)52-40(2,3)4/h6-7,10-16,18,21-22,25,48H,8-9,17,19-20,23-24H2,1-5H3/t25-/m0/s1. The number of aliphatic hydroxyl groups is 1. The molecule has 0 spiro atoms. The number of carbonyl (C=O) groups is 1. The van der Waals surface area contributed by atoms with Crippen LogP contribution in [0.2, 0.25) is 10.0 Å². The summed E-state index contributed by atoms with van der Waals surface area (Å²) in [5.41, 5.74) is 5.36. The Bertz CT molecular complexity index is 2170. The molecule has 52 heavy (non-hydrogen) atoms. The molecule has 3 aromatic heterocycles. The van der Waals surface area contributed by atoms with Gasteiger partial charge in [0.1, 0.15) is 11.2 Å². The minimum atomic E-state index is -0.690. The van der Waals surface area contributed by atoms with Gasteiger partial charge in [-0.25, -0.2) is 14.8 Å². The van der Waals surface area contributed by atoms with Crippen molar-refractivity contribution < 1.29 is 19.4 Å². The van der Waals surface area contributed by atoms with Gasteiger partial charge in [-0.05, 0) is 76.9 Å². The van der Waals surface area contributed by atoms with Crippen molar-refractivity contribution in [1.29, 1.82) is 0 Å². The van der Waals surface area contributed by atoms with Crippen LogP contribution in [0, 0.1) is 0 Å². The summed E-state index contributed by atoms with van der Waals surface area (Å²) in [5.74, 6) is 0.312. The van der Waals surface area contributed by atoms with Crippen molar-refractivity contribution in [3.8, 4) is 39.4 Å². The summed E-state index contributed by atoms with van der Waals surface area (Å²) in [4.78, 5) is 39.3. The molecular weight excluding hydrogens is 701 g/mol. The van der Waals surface area contributed by atoms with Crippen molar-refractivity contribution >= 4 is 34.9 Å². The molecule has 1 aliphatic rings.